The van der Waals surface area contributed by atoms with Crippen LogP contribution in [0, 0.1) is 0 Å². The van der Waals surface area contributed by atoms with Crippen LogP contribution < -0.4 is 5.73 Å². The number of aromatic hydroxyl groups is 1. The molecule has 3 rings (SSSR count). The number of aliphatic hydroxyl groups is 1. The zero-order valence-corrected chi connectivity index (χ0v) is 12.2. The standard InChI is InChI=1S/C19H19NO2/c20-19(18(22)10-13-4-2-1-3-5-13)16-7-6-15-12-17(21)9-8-14(15)11-16/h1-9,11-12,18-19,21-22H,10,20H2/t18-,19+/m1/s1. The Bertz CT molecular complexity index is 771. The second kappa shape index (κ2) is 6.18. The van der Waals surface area contributed by atoms with E-state index in [0.717, 1.165) is 21.9 Å². The maximum Gasteiger partial charge on any atom is 0.116 e. The van der Waals surface area contributed by atoms with Crippen LogP contribution in [0.1, 0.15) is 17.2 Å². The molecule has 22 heavy (non-hydrogen) atoms. The Balaban J connectivity index is 1.82. The van der Waals surface area contributed by atoms with Crippen LogP contribution in [0.3, 0.4) is 0 Å². The van der Waals surface area contributed by atoms with E-state index in [4.69, 9.17) is 5.73 Å². The smallest absolute Gasteiger partial charge is 0.116 e. The van der Waals surface area contributed by atoms with Crippen molar-refractivity contribution in [1.82, 2.24) is 0 Å². The molecule has 0 spiro atoms. The predicted octanol–water partition coefficient (Wildman–Crippen LogP) is 3.15. The van der Waals surface area contributed by atoms with Gasteiger partial charge in [-0.3, -0.25) is 0 Å². The summed E-state index contributed by atoms with van der Waals surface area (Å²) in [6.45, 7) is 0. The molecule has 0 radical (unpaired) electrons. The number of rotatable bonds is 4. The summed E-state index contributed by atoms with van der Waals surface area (Å²) in [5.41, 5.74) is 8.16. The molecule has 3 aromatic carbocycles. The van der Waals surface area contributed by atoms with Crippen molar-refractivity contribution >= 4 is 10.8 Å². The number of nitrogens with two attached hydrogens (primary N) is 1. The van der Waals surface area contributed by atoms with Crippen molar-refractivity contribution in [3.8, 4) is 5.75 Å². The Morgan fingerprint density at radius 1 is 0.864 bits per heavy atom. The predicted molar refractivity (Wildman–Crippen MR) is 88.7 cm³/mol. The molecule has 3 heteroatoms. The molecular weight excluding hydrogens is 274 g/mol. The number of hydrogen-bond donors (Lipinski definition) is 3. The lowest BCUT2D eigenvalue weighted by molar-refractivity contribution is 0.145. The van der Waals surface area contributed by atoms with E-state index in [2.05, 4.69) is 0 Å². The van der Waals surface area contributed by atoms with Crippen LogP contribution in [0.4, 0.5) is 0 Å². The van der Waals surface area contributed by atoms with Crippen molar-refractivity contribution in [1.29, 1.82) is 0 Å². The summed E-state index contributed by atoms with van der Waals surface area (Å²) < 4.78 is 0. The molecule has 3 aromatic rings. The Morgan fingerprint density at radius 2 is 1.55 bits per heavy atom. The van der Waals surface area contributed by atoms with Gasteiger partial charge in [0.05, 0.1) is 12.1 Å². The Kier molecular flexibility index (Phi) is 4.09. The first-order chi connectivity index (χ1) is 10.6. The van der Waals surface area contributed by atoms with E-state index in [9.17, 15) is 10.2 Å². The van der Waals surface area contributed by atoms with Crippen molar-refractivity contribution in [2.75, 3.05) is 0 Å². The van der Waals surface area contributed by atoms with E-state index < -0.39 is 12.1 Å². The fraction of sp³-hybridized carbons (Fsp3) is 0.158. The van der Waals surface area contributed by atoms with Crippen LogP contribution in [0.5, 0.6) is 5.75 Å². The fourth-order valence-corrected chi connectivity index (χ4v) is 2.66. The normalized spacial score (nSPS) is 13.9. The molecule has 0 amide bonds. The molecular formula is C19H19NO2. The van der Waals surface area contributed by atoms with Crippen LogP contribution in [0.25, 0.3) is 10.8 Å². The molecule has 0 saturated carbocycles. The van der Waals surface area contributed by atoms with Gasteiger partial charge in [-0.05, 0) is 40.1 Å². The average molecular weight is 293 g/mol. The van der Waals surface area contributed by atoms with Gasteiger partial charge in [-0.2, -0.15) is 0 Å². The molecule has 112 valence electrons. The van der Waals surface area contributed by atoms with Crippen molar-refractivity contribution in [2.45, 2.75) is 18.6 Å². The molecule has 3 nitrogen and oxygen atoms in total. The van der Waals surface area contributed by atoms with Crippen LogP contribution >= 0.6 is 0 Å². The van der Waals surface area contributed by atoms with Crippen LogP contribution in [0.2, 0.25) is 0 Å². The molecule has 0 aliphatic carbocycles. The minimum atomic E-state index is -0.642. The number of benzene rings is 3. The van der Waals surface area contributed by atoms with Gasteiger partial charge in [0, 0.05) is 6.42 Å². The van der Waals surface area contributed by atoms with Gasteiger partial charge in [-0.1, -0.05) is 48.5 Å². The summed E-state index contributed by atoms with van der Waals surface area (Å²) in [5, 5.41) is 21.8. The summed E-state index contributed by atoms with van der Waals surface area (Å²) in [4.78, 5) is 0. The molecule has 0 fully saturated rings. The Hall–Kier alpha value is -2.36. The lowest BCUT2D eigenvalue weighted by atomic mass is 9.95. The second-order valence-corrected chi connectivity index (χ2v) is 5.57. The van der Waals surface area contributed by atoms with E-state index in [1.807, 2.05) is 54.6 Å². The van der Waals surface area contributed by atoms with Crippen LogP contribution in [0.15, 0.2) is 66.7 Å². The first-order valence-corrected chi connectivity index (χ1v) is 7.34. The van der Waals surface area contributed by atoms with E-state index >= 15 is 0 Å². The Morgan fingerprint density at radius 3 is 2.32 bits per heavy atom. The van der Waals surface area contributed by atoms with E-state index in [0.29, 0.717) is 6.42 Å². The summed E-state index contributed by atoms with van der Waals surface area (Å²) in [5.74, 6) is 0.244. The van der Waals surface area contributed by atoms with Gasteiger partial charge < -0.3 is 15.9 Å². The molecule has 0 bridgehead atoms. The number of hydrogen-bond acceptors (Lipinski definition) is 3. The quantitative estimate of drug-likeness (QED) is 0.692. The zero-order valence-electron chi connectivity index (χ0n) is 12.2. The zero-order chi connectivity index (χ0) is 15.5. The van der Waals surface area contributed by atoms with Crippen molar-refractivity contribution in [2.24, 2.45) is 5.73 Å². The number of phenolic OH excluding ortho intramolecular Hbond substituents is 1. The molecule has 4 N–H and O–H groups in total. The van der Waals surface area contributed by atoms with Gasteiger partial charge in [-0.15, -0.1) is 0 Å². The number of phenols is 1. The second-order valence-electron chi connectivity index (χ2n) is 5.57. The lowest BCUT2D eigenvalue weighted by Gasteiger charge is -2.20. The van der Waals surface area contributed by atoms with Crippen LogP contribution in [-0.4, -0.2) is 16.3 Å². The summed E-state index contributed by atoms with van der Waals surface area (Å²) in [6, 6.07) is 20.4. The molecule has 0 saturated heterocycles. The SMILES string of the molecule is N[C@@H](c1ccc2cc(O)ccc2c1)[C@H](O)Cc1ccccc1. The topological polar surface area (TPSA) is 66.5 Å². The molecule has 0 aliphatic rings. The average Bonchev–Trinajstić information content (AvgIpc) is 2.54. The highest BCUT2D eigenvalue weighted by atomic mass is 16.3. The van der Waals surface area contributed by atoms with Crippen molar-refractivity contribution in [3.63, 3.8) is 0 Å². The van der Waals surface area contributed by atoms with Gasteiger partial charge in [0.25, 0.3) is 0 Å². The molecule has 0 aliphatic heterocycles. The van der Waals surface area contributed by atoms with Crippen molar-refractivity contribution < 1.29 is 10.2 Å². The van der Waals surface area contributed by atoms with Crippen molar-refractivity contribution in [3.05, 3.63) is 77.9 Å². The van der Waals surface area contributed by atoms with Gasteiger partial charge in [-0.25, -0.2) is 0 Å². The van der Waals surface area contributed by atoms with E-state index in [1.165, 1.54) is 0 Å². The third-order valence-corrected chi connectivity index (χ3v) is 3.93. The number of aliphatic hydroxyl groups excluding tert-OH is 1. The first kappa shape index (κ1) is 14.6. The number of fused-ring (bicyclic) bond motifs is 1. The fourth-order valence-electron chi connectivity index (χ4n) is 2.66. The van der Waals surface area contributed by atoms with Gasteiger partial charge in [0.1, 0.15) is 5.75 Å². The van der Waals surface area contributed by atoms with Gasteiger partial charge in [0.15, 0.2) is 0 Å². The largest absolute Gasteiger partial charge is 0.508 e. The molecule has 0 aromatic heterocycles. The third-order valence-electron chi connectivity index (χ3n) is 3.93. The molecule has 2 atom stereocenters. The maximum atomic E-state index is 10.4. The minimum absolute atomic E-state index is 0.244. The minimum Gasteiger partial charge on any atom is -0.508 e. The van der Waals surface area contributed by atoms with E-state index in [1.54, 1.807) is 12.1 Å². The molecule has 0 heterocycles. The summed E-state index contributed by atoms with van der Waals surface area (Å²) >= 11 is 0. The highest BCUT2D eigenvalue weighted by Crippen LogP contribution is 2.25. The van der Waals surface area contributed by atoms with Gasteiger partial charge in [0.2, 0.25) is 0 Å². The maximum absolute atomic E-state index is 10.4. The summed E-state index contributed by atoms with van der Waals surface area (Å²) in [7, 11) is 0. The highest BCUT2D eigenvalue weighted by molar-refractivity contribution is 5.84. The summed E-state index contributed by atoms with van der Waals surface area (Å²) in [6.07, 6.45) is -0.118. The van der Waals surface area contributed by atoms with Gasteiger partial charge >= 0.3 is 0 Å². The lowest BCUT2D eigenvalue weighted by Crippen LogP contribution is -2.28. The van der Waals surface area contributed by atoms with E-state index in [-0.39, 0.29) is 5.75 Å². The highest BCUT2D eigenvalue weighted by Gasteiger charge is 2.17. The first-order valence-electron chi connectivity index (χ1n) is 7.34. The monoisotopic (exact) mass is 293 g/mol. The van der Waals surface area contributed by atoms with Crippen LogP contribution in [-0.2, 0) is 6.42 Å². The Labute approximate surface area is 129 Å². The third kappa shape index (κ3) is 3.11. The molecule has 0 unspecified atom stereocenters.